The van der Waals surface area contributed by atoms with Crippen LogP contribution in [0.15, 0.2) is 12.3 Å². The summed E-state index contributed by atoms with van der Waals surface area (Å²) in [4.78, 5) is 19.8. The fraction of sp³-hybridized carbons (Fsp3) is 0.706. The van der Waals surface area contributed by atoms with Crippen LogP contribution >= 0.6 is 0 Å². The van der Waals surface area contributed by atoms with E-state index in [4.69, 9.17) is 0 Å². The Labute approximate surface area is 144 Å². The minimum Gasteiger partial charge on any atom is -0.317 e. The minimum atomic E-state index is -4.64. The van der Waals surface area contributed by atoms with Crippen LogP contribution < -0.4 is 10.6 Å². The molecule has 1 atom stereocenters. The number of alkyl halides is 3. The highest BCUT2D eigenvalue weighted by atomic mass is 19.4. The van der Waals surface area contributed by atoms with Crippen molar-refractivity contribution in [2.75, 3.05) is 18.4 Å². The van der Waals surface area contributed by atoms with E-state index in [0.717, 1.165) is 38.5 Å². The van der Waals surface area contributed by atoms with Crippen molar-refractivity contribution in [1.29, 1.82) is 0 Å². The van der Waals surface area contributed by atoms with E-state index in [1.54, 1.807) is 0 Å². The van der Waals surface area contributed by atoms with E-state index < -0.39 is 17.4 Å². The van der Waals surface area contributed by atoms with Gasteiger partial charge in [0.15, 0.2) is 0 Å². The second-order valence-corrected chi connectivity index (χ2v) is 8.08. The maximum absolute atomic E-state index is 13.1. The van der Waals surface area contributed by atoms with Crippen molar-refractivity contribution in [1.82, 2.24) is 15.3 Å². The predicted octanol–water partition coefficient (Wildman–Crippen LogP) is 3.24. The smallest absolute Gasteiger partial charge is 0.317 e. The molecule has 0 radical (unpaired) electrons. The van der Waals surface area contributed by atoms with Crippen molar-refractivity contribution < 1.29 is 18.0 Å². The summed E-state index contributed by atoms with van der Waals surface area (Å²) in [6, 6.07) is 1.29. The van der Waals surface area contributed by atoms with Gasteiger partial charge in [0, 0.05) is 6.20 Å². The first-order chi connectivity index (χ1) is 11.5. The van der Waals surface area contributed by atoms with E-state index in [-0.39, 0.29) is 22.6 Å². The van der Waals surface area contributed by atoms with Gasteiger partial charge in [-0.3, -0.25) is 4.79 Å². The molecular weight excluding hydrogens is 333 g/mol. The Hall–Kier alpha value is -1.70. The number of hydrogen-bond donors (Lipinski definition) is 2. The summed E-state index contributed by atoms with van der Waals surface area (Å²) in [6.07, 6.45) is -1.07. The summed E-state index contributed by atoms with van der Waals surface area (Å²) >= 11 is 0. The van der Waals surface area contributed by atoms with Gasteiger partial charge in [-0.1, -0.05) is 20.8 Å². The minimum absolute atomic E-state index is 0.0829. The summed E-state index contributed by atoms with van der Waals surface area (Å²) in [5.41, 5.74) is -0.972. The lowest BCUT2D eigenvalue weighted by Crippen LogP contribution is -2.43. The molecule has 1 aromatic heterocycles. The molecule has 1 amide bonds. The summed E-state index contributed by atoms with van der Waals surface area (Å²) in [7, 11) is 0. The zero-order valence-electron chi connectivity index (χ0n) is 14.6. The Morgan fingerprint density at radius 2 is 1.88 bits per heavy atom. The molecule has 1 aliphatic heterocycles. The van der Waals surface area contributed by atoms with Gasteiger partial charge in [-0.15, -0.1) is 0 Å². The Morgan fingerprint density at radius 3 is 2.44 bits per heavy atom. The molecule has 0 bridgehead atoms. The van der Waals surface area contributed by atoms with Gasteiger partial charge in [0.2, 0.25) is 11.7 Å². The van der Waals surface area contributed by atoms with E-state index >= 15 is 0 Å². The van der Waals surface area contributed by atoms with E-state index in [0.29, 0.717) is 0 Å². The molecule has 2 N–H and O–H groups in total. The monoisotopic (exact) mass is 356 g/mol. The molecule has 1 saturated carbocycles. The zero-order chi connectivity index (χ0) is 18.5. The number of nitrogens with one attached hydrogen (secondary N) is 2. The Bertz CT molecular complexity index is 677. The van der Waals surface area contributed by atoms with Crippen molar-refractivity contribution in [2.24, 2.45) is 16.2 Å². The predicted molar refractivity (Wildman–Crippen MR) is 86.7 cm³/mol. The maximum Gasteiger partial charge on any atom is 0.451 e. The van der Waals surface area contributed by atoms with Crippen LogP contribution in [0.25, 0.3) is 0 Å². The molecule has 25 heavy (non-hydrogen) atoms. The first kappa shape index (κ1) is 18.1. The molecule has 2 heterocycles. The second kappa shape index (κ2) is 5.65. The first-order valence-corrected chi connectivity index (χ1v) is 8.44. The second-order valence-electron chi connectivity index (χ2n) is 8.08. The number of piperidine rings is 1. The van der Waals surface area contributed by atoms with Crippen LogP contribution in [-0.2, 0) is 11.0 Å². The van der Waals surface area contributed by atoms with E-state index in [9.17, 15) is 18.0 Å². The van der Waals surface area contributed by atoms with Crippen molar-refractivity contribution in [3.05, 3.63) is 18.1 Å². The first-order valence-electron chi connectivity index (χ1n) is 8.44. The molecule has 8 heteroatoms. The van der Waals surface area contributed by atoms with Crippen LogP contribution in [0.1, 0.15) is 45.9 Å². The van der Waals surface area contributed by atoms with Crippen LogP contribution in [0.2, 0.25) is 0 Å². The number of amides is 1. The van der Waals surface area contributed by atoms with E-state index in [2.05, 4.69) is 20.6 Å². The van der Waals surface area contributed by atoms with Crippen LogP contribution in [0.4, 0.5) is 19.0 Å². The highest BCUT2D eigenvalue weighted by molar-refractivity contribution is 5.98. The van der Waals surface area contributed by atoms with Gasteiger partial charge >= 0.3 is 6.18 Å². The number of carbonyl (C=O) groups excluding carboxylic acids is 1. The molecule has 3 rings (SSSR count). The normalized spacial score (nSPS) is 25.7. The molecule has 5 nitrogen and oxygen atoms in total. The molecular formula is C17H23F3N4O. The van der Waals surface area contributed by atoms with Gasteiger partial charge in [-0.2, -0.15) is 13.2 Å². The van der Waals surface area contributed by atoms with Gasteiger partial charge < -0.3 is 10.6 Å². The zero-order valence-corrected chi connectivity index (χ0v) is 14.6. The van der Waals surface area contributed by atoms with Gasteiger partial charge in [0.1, 0.15) is 5.82 Å². The summed E-state index contributed by atoms with van der Waals surface area (Å²) in [5, 5.41) is 5.93. The maximum atomic E-state index is 13.1. The number of rotatable bonds is 2. The standard InChI is InChI=1S/C17H23F3N4O/c1-14(2,3)16(10-15(16)5-8-21-9-6-15)13(25)24-11-4-7-22-12(23-11)17(18,19)20/h4,7,21H,5-6,8-10H2,1-3H3,(H,22,23,24,25). The van der Waals surface area contributed by atoms with Crippen LogP contribution in [0.3, 0.4) is 0 Å². The highest BCUT2D eigenvalue weighted by Gasteiger charge is 2.75. The summed E-state index contributed by atoms with van der Waals surface area (Å²) < 4.78 is 38.3. The Morgan fingerprint density at radius 1 is 1.24 bits per heavy atom. The van der Waals surface area contributed by atoms with E-state index in [1.165, 1.54) is 6.07 Å². The van der Waals surface area contributed by atoms with Gasteiger partial charge in [-0.25, -0.2) is 9.97 Å². The molecule has 1 aromatic rings. The molecule has 1 spiro atoms. The SMILES string of the molecule is CC(C)(C)C1(C(=O)Nc2ccnc(C(F)(F)F)n2)CC12CCNCC2. The molecule has 2 fully saturated rings. The van der Waals surface area contributed by atoms with Crippen LogP contribution in [-0.4, -0.2) is 29.0 Å². The van der Waals surface area contributed by atoms with Gasteiger partial charge in [0.25, 0.3) is 0 Å². The fourth-order valence-corrected chi connectivity index (χ4v) is 4.48. The quantitative estimate of drug-likeness (QED) is 0.854. The van der Waals surface area contributed by atoms with Crippen molar-refractivity contribution in [2.45, 2.75) is 46.2 Å². The lowest BCUT2D eigenvalue weighted by molar-refractivity contribution is -0.145. The third-order valence-electron chi connectivity index (χ3n) is 5.76. The van der Waals surface area contributed by atoms with E-state index in [1.807, 2.05) is 20.8 Å². The third kappa shape index (κ3) is 2.90. The van der Waals surface area contributed by atoms with Gasteiger partial charge in [-0.05, 0) is 49.2 Å². The molecule has 1 saturated heterocycles. The average Bonchev–Trinajstić information content (AvgIpc) is 3.16. The lowest BCUT2D eigenvalue weighted by atomic mass is 9.69. The average molecular weight is 356 g/mol. The molecule has 1 unspecified atom stereocenters. The van der Waals surface area contributed by atoms with Crippen LogP contribution in [0.5, 0.6) is 0 Å². The molecule has 138 valence electrons. The lowest BCUT2D eigenvalue weighted by Gasteiger charge is -2.37. The number of hydrogen-bond acceptors (Lipinski definition) is 4. The van der Waals surface area contributed by atoms with Gasteiger partial charge in [0.05, 0.1) is 5.41 Å². The number of halogens is 3. The molecule has 1 aliphatic carbocycles. The molecule has 2 aliphatic rings. The Kier molecular flexibility index (Phi) is 4.09. The number of nitrogens with zero attached hydrogens (tertiary/aromatic N) is 2. The van der Waals surface area contributed by atoms with Crippen LogP contribution in [0, 0.1) is 16.2 Å². The Balaban J connectivity index is 1.86. The summed E-state index contributed by atoms with van der Waals surface area (Å²) in [6.45, 7) is 7.77. The number of anilines is 1. The number of aromatic nitrogens is 2. The number of carbonyl (C=O) groups is 1. The highest BCUT2D eigenvalue weighted by Crippen LogP contribution is 2.75. The summed E-state index contributed by atoms with van der Waals surface area (Å²) in [5.74, 6) is -1.59. The van der Waals surface area contributed by atoms with Crippen molar-refractivity contribution in [3.8, 4) is 0 Å². The third-order valence-corrected chi connectivity index (χ3v) is 5.76. The topological polar surface area (TPSA) is 66.9 Å². The van der Waals surface area contributed by atoms with Crippen molar-refractivity contribution in [3.63, 3.8) is 0 Å². The fourth-order valence-electron chi connectivity index (χ4n) is 4.48. The van der Waals surface area contributed by atoms with Crippen molar-refractivity contribution >= 4 is 11.7 Å². The largest absolute Gasteiger partial charge is 0.451 e. The molecule has 0 aromatic carbocycles.